The SMILES string of the molecule is CSCC(=O)N1C[C@H]2C[C@H](C1)c1c(-c3ccc(OC(F)(F)F)cc3)ccc(=O)n1C2. The molecule has 0 radical (unpaired) electrons. The van der Waals surface area contributed by atoms with E-state index in [1.54, 1.807) is 22.8 Å². The van der Waals surface area contributed by atoms with Gasteiger partial charge in [-0.1, -0.05) is 12.1 Å². The number of piperidine rings is 1. The third-order valence-electron chi connectivity index (χ3n) is 5.61. The Kier molecular flexibility index (Phi) is 5.57. The molecule has 2 atom stereocenters. The van der Waals surface area contributed by atoms with Crippen LogP contribution in [0.4, 0.5) is 13.2 Å². The Balaban J connectivity index is 1.69. The molecule has 1 fully saturated rings. The summed E-state index contributed by atoms with van der Waals surface area (Å²) >= 11 is 1.49. The second-order valence-corrected chi connectivity index (χ2v) is 8.55. The van der Waals surface area contributed by atoms with Crippen molar-refractivity contribution in [2.75, 3.05) is 25.1 Å². The van der Waals surface area contributed by atoms with Crippen LogP contribution >= 0.6 is 11.8 Å². The molecule has 2 aliphatic heterocycles. The van der Waals surface area contributed by atoms with Crippen molar-refractivity contribution < 1.29 is 22.7 Å². The van der Waals surface area contributed by atoms with Crippen LogP contribution < -0.4 is 10.3 Å². The summed E-state index contributed by atoms with van der Waals surface area (Å²) in [4.78, 5) is 26.9. The van der Waals surface area contributed by atoms with E-state index in [1.807, 2.05) is 11.2 Å². The predicted molar refractivity (Wildman–Crippen MR) is 109 cm³/mol. The normalized spacial score (nSPS) is 20.6. The first kappa shape index (κ1) is 20.8. The Morgan fingerprint density at radius 1 is 1.13 bits per heavy atom. The Morgan fingerprint density at radius 2 is 1.87 bits per heavy atom. The fourth-order valence-corrected chi connectivity index (χ4v) is 4.94. The van der Waals surface area contributed by atoms with Crippen molar-refractivity contribution >= 4 is 17.7 Å². The van der Waals surface area contributed by atoms with Gasteiger partial charge in [0.2, 0.25) is 5.91 Å². The molecule has 0 unspecified atom stereocenters. The van der Waals surface area contributed by atoms with Gasteiger partial charge in [-0.3, -0.25) is 9.59 Å². The number of thioether (sulfide) groups is 1. The van der Waals surface area contributed by atoms with Crippen molar-refractivity contribution in [2.24, 2.45) is 5.92 Å². The molecule has 0 N–H and O–H groups in total. The van der Waals surface area contributed by atoms with E-state index in [4.69, 9.17) is 0 Å². The summed E-state index contributed by atoms with van der Waals surface area (Å²) < 4.78 is 43.0. The second kappa shape index (κ2) is 8.02. The maximum absolute atomic E-state index is 12.5. The number of alkyl halides is 3. The van der Waals surface area contributed by atoms with Crippen molar-refractivity contribution in [3.8, 4) is 16.9 Å². The molecule has 2 aliphatic rings. The Labute approximate surface area is 175 Å². The van der Waals surface area contributed by atoms with Crippen molar-refractivity contribution in [1.29, 1.82) is 0 Å². The van der Waals surface area contributed by atoms with Gasteiger partial charge in [-0.05, 0) is 42.4 Å². The lowest BCUT2D eigenvalue weighted by Crippen LogP contribution is -2.49. The first-order chi connectivity index (χ1) is 14.2. The minimum atomic E-state index is -4.75. The summed E-state index contributed by atoms with van der Waals surface area (Å²) in [6.45, 7) is 1.73. The molecule has 1 amide bonds. The number of ether oxygens (including phenoxy) is 1. The van der Waals surface area contributed by atoms with Crippen LogP contribution in [0.3, 0.4) is 0 Å². The Hall–Kier alpha value is -2.42. The number of rotatable bonds is 4. The van der Waals surface area contributed by atoms with Gasteiger partial charge in [-0.2, -0.15) is 11.8 Å². The first-order valence-electron chi connectivity index (χ1n) is 9.62. The van der Waals surface area contributed by atoms with Crippen LogP contribution in [0.1, 0.15) is 18.0 Å². The summed E-state index contributed by atoms with van der Waals surface area (Å²) in [5.74, 6) is 0.462. The van der Waals surface area contributed by atoms with Gasteiger partial charge in [0.05, 0.1) is 5.75 Å². The maximum Gasteiger partial charge on any atom is 0.573 e. The zero-order valence-corrected chi connectivity index (χ0v) is 17.1. The number of carbonyl (C=O) groups is 1. The molecule has 2 aromatic rings. The molecule has 0 spiro atoms. The molecule has 5 nitrogen and oxygen atoms in total. The zero-order valence-electron chi connectivity index (χ0n) is 16.3. The molecule has 4 rings (SSSR count). The number of pyridine rings is 1. The van der Waals surface area contributed by atoms with Crippen molar-refractivity contribution in [3.63, 3.8) is 0 Å². The summed E-state index contributed by atoms with van der Waals surface area (Å²) in [6.07, 6.45) is -1.97. The molecule has 3 heterocycles. The number of hydrogen-bond acceptors (Lipinski definition) is 4. The van der Waals surface area contributed by atoms with Crippen LogP contribution in [0, 0.1) is 5.92 Å². The highest BCUT2D eigenvalue weighted by molar-refractivity contribution is 7.99. The fourth-order valence-electron chi connectivity index (χ4n) is 4.51. The number of aromatic nitrogens is 1. The number of likely N-dealkylation sites (tertiary alicyclic amines) is 1. The van der Waals surface area contributed by atoms with Crippen LogP contribution in [-0.4, -0.2) is 46.8 Å². The van der Waals surface area contributed by atoms with Crippen LogP contribution in [0.2, 0.25) is 0 Å². The standard InChI is InChI=1S/C21H21F3N2O3S/c1-30-12-19(28)25-9-13-8-15(11-25)20-17(6-7-18(27)26(20)10-13)14-2-4-16(5-3-14)29-21(22,23)24/h2-7,13,15H,8-12H2,1H3/t13-,15-/m1/s1. The van der Waals surface area contributed by atoms with Crippen molar-refractivity contribution in [2.45, 2.75) is 25.2 Å². The summed E-state index contributed by atoms with van der Waals surface area (Å²) in [5.41, 5.74) is 2.27. The molecular formula is C21H21F3N2O3S. The van der Waals surface area contributed by atoms with Gasteiger partial charge in [0.25, 0.3) is 5.56 Å². The predicted octanol–water partition coefficient (Wildman–Crippen LogP) is 3.72. The first-order valence-corrected chi connectivity index (χ1v) is 11.0. The second-order valence-electron chi connectivity index (χ2n) is 7.68. The minimum Gasteiger partial charge on any atom is -0.406 e. The number of carbonyl (C=O) groups excluding carboxylic acids is 1. The number of hydrogen-bond donors (Lipinski definition) is 0. The van der Waals surface area contributed by atoms with Gasteiger partial charge in [-0.15, -0.1) is 13.2 Å². The highest BCUT2D eigenvalue weighted by atomic mass is 32.2. The van der Waals surface area contributed by atoms with Crippen LogP contribution in [0.25, 0.3) is 11.1 Å². The quantitative estimate of drug-likeness (QED) is 0.730. The zero-order chi connectivity index (χ0) is 21.5. The summed E-state index contributed by atoms with van der Waals surface area (Å²) in [5, 5.41) is 0. The average Bonchev–Trinajstić information content (AvgIpc) is 2.68. The lowest BCUT2D eigenvalue weighted by atomic mass is 9.80. The topological polar surface area (TPSA) is 51.5 Å². The average molecular weight is 438 g/mol. The van der Waals surface area contributed by atoms with Gasteiger partial charge >= 0.3 is 6.36 Å². The molecular weight excluding hydrogens is 417 g/mol. The molecule has 160 valence electrons. The summed E-state index contributed by atoms with van der Waals surface area (Å²) in [6, 6.07) is 8.88. The molecule has 1 aromatic carbocycles. The van der Waals surface area contributed by atoms with E-state index >= 15 is 0 Å². The molecule has 1 saturated heterocycles. The van der Waals surface area contributed by atoms with Gasteiger partial charge < -0.3 is 14.2 Å². The molecule has 1 aromatic heterocycles. The number of amides is 1. The highest BCUT2D eigenvalue weighted by Gasteiger charge is 2.37. The van der Waals surface area contributed by atoms with Crippen molar-refractivity contribution in [3.05, 3.63) is 52.4 Å². The third-order valence-corrected chi connectivity index (χ3v) is 6.15. The van der Waals surface area contributed by atoms with E-state index in [9.17, 15) is 22.8 Å². The Morgan fingerprint density at radius 3 is 2.53 bits per heavy atom. The van der Waals surface area contributed by atoms with Gasteiger partial charge in [0.1, 0.15) is 5.75 Å². The largest absolute Gasteiger partial charge is 0.573 e. The van der Waals surface area contributed by atoms with E-state index < -0.39 is 6.36 Å². The number of nitrogens with zero attached hydrogens (tertiary/aromatic N) is 2. The van der Waals surface area contributed by atoms with E-state index in [-0.39, 0.29) is 29.1 Å². The van der Waals surface area contributed by atoms with E-state index in [2.05, 4.69) is 4.74 Å². The number of benzene rings is 1. The van der Waals surface area contributed by atoms with E-state index in [1.165, 1.54) is 30.0 Å². The van der Waals surface area contributed by atoms with Crippen molar-refractivity contribution in [1.82, 2.24) is 9.47 Å². The lowest BCUT2D eigenvalue weighted by molar-refractivity contribution is -0.274. The lowest BCUT2D eigenvalue weighted by Gasteiger charge is -2.43. The summed E-state index contributed by atoms with van der Waals surface area (Å²) in [7, 11) is 0. The van der Waals surface area contributed by atoms with E-state index in [0.717, 1.165) is 17.7 Å². The maximum atomic E-state index is 12.5. The highest BCUT2D eigenvalue weighted by Crippen LogP contribution is 2.40. The van der Waals surface area contributed by atoms with Gasteiger partial charge in [0.15, 0.2) is 0 Å². The monoisotopic (exact) mass is 438 g/mol. The minimum absolute atomic E-state index is 0.0123. The molecule has 30 heavy (non-hydrogen) atoms. The van der Waals surface area contributed by atoms with Crippen LogP contribution in [0.5, 0.6) is 5.75 Å². The molecule has 0 saturated carbocycles. The van der Waals surface area contributed by atoms with Crippen LogP contribution in [-0.2, 0) is 11.3 Å². The number of halogens is 3. The molecule has 9 heteroatoms. The number of fused-ring (bicyclic) bond motifs is 4. The third kappa shape index (κ3) is 4.21. The van der Waals surface area contributed by atoms with Gasteiger partial charge in [0, 0.05) is 42.9 Å². The molecule has 2 bridgehead atoms. The molecule has 0 aliphatic carbocycles. The smallest absolute Gasteiger partial charge is 0.406 e. The van der Waals surface area contributed by atoms with Crippen LogP contribution in [0.15, 0.2) is 41.2 Å². The van der Waals surface area contributed by atoms with Gasteiger partial charge in [-0.25, -0.2) is 0 Å². The Bertz CT molecular complexity index is 1000. The fraction of sp³-hybridized carbons (Fsp3) is 0.429. The van der Waals surface area contributed by atoms with E-state index in [0.29, 0.717) is 31.0 Å².